The van der Waals surface area contributed by atoms with Crippen molar-refractivity contribution in [2.45, 2.75) is 51.2 Å². The van der Waals surface area contributed by atoms with Crippen LogP contribution in [-0.2, 0) is 24.2 Å². The first-order valence-corrected chi connectivity index (χ1v) is 10.8. The Kier molecular flexibility index (Phi) is 4.72. The standard InChI is InChI=1S/C25H30N2O/c1-17-11-24-22(14-25(28)27(24)16-18-7-3-2-4-8-18)23(17)15-26-21-12-19-9-5-6-10-20(19)13-21/h2-10,17,21-24,26H,11-16H2,1H3/t17-,22-,23+,24+/m0/s1. The van der Waals surface area contributed by atoms with Gasteiger partial charge in [0.2, 0.25) is 5.91 Å². The van der Waals surface area contributed by atoms with Gasteiger partial charge in [-0.25, -0.2) is 0 Å². The maximum absolute atomic E-state index is 12.8. The van der Waals surface area contributed by atoms with Gasteiger partial charge in [0.05, 0.1) is 0 Å². The summed E-state index contributed by atoms with van der Waals surface area (Å²) in [5.74, 6) is 2.16. The summed E-state index contributed by atoms with van der Waals surface area (Å²) in [6.45, 7) is 4.21. The molecule has 1 saturated heterocycles. The summed E-state index contributed by atoms with van der Waals surface area (Å²) in [4.78, 5) is 14.9. The normalized spacial score (nSPS) is 29.3. The van der Waals surface area contributed by atoms with Gasteiger partial charge in [-0.3, -0.25) is 4.79 Å². The van der Waals surface area contributed by atoms with Crippen LogP contribution in [0.15, 0.2) is 54.6 Å². The van der Waals surface area contributed by atoms with Crippen molar-refractivity contribution in [3.05, 3.63) is 71.3 Å². The molecule has 2 aromatic rings. The maximum Gasteiger partial charge on any atom is 0.223 e. The van der Waals surface area contributed by atoms with E-state index < -0.39 is 0 Å². The number of likely N-dealkylation sites (tertiary alicyclic amines) is 1. The monoisotopic (exact) mass is 374 g/mol. The molecule has 0 radical (unpaired) electrons. The Balaban J connectivity index is 1.22. The Bertz CT molecular complexity index is 824. The van der Waals surface area contributed by atoms with Crippen LogP contribution in [0.3, 0.4) is 0 Å². The Hall–Kier alpha value is -2.13. The highest BCUT2D eigenvalue weighted by Crippen LogP contribution is 2.46. The first-order valence-electron chi connectivity index (χ1n) is 10.8. The molecule has 0 bridgehead atoms. The fourth-order valence-corrected chi connectivity index (χ4v) is 5.93. The first kappa shape index (κ1) is 17.9. The van der Waals surface area contributed by atoms with Crippen molar-refractivity contribution >= 4 is 5.91 Å². The van der Waals surface area contributed by atoms with Crippen molar-refractivity contribution in [2.75, 3.05) is 6.54 Å². The summed E-state index contributed by atoms with van der Waals surface area (Å²) in [5.41, 5.74) is 4.25. The molecule has 2 fully saturated rings. The lowest BCUT2D eigenvalue weighted by atomic mass is 9.88. The van der Waals surface area contributed by atoms with Crippen molar-refractivity contribution in [1.82, 2.24) is 10.2 Å². The van der Waals surface area contributed by atoms with Gasteiger partial charge in [0.15, 0.2) is 0 Å². The highest BCUT2D eigenvalue weighted by Gasteiger charge is 2.50. The van der Waals surface area contributed by atoms with Gasteiger partial charge in [0.25, 0.3) is 0 Å². The molecule has 1 saturated carbocycles. The van der Waals surface area contributed by atoms with Crippen molar-refractivity contribution < 1.29 is 4.79 Å². The minimum absolute atomic E-state index is 0.351. The molecule has 0 aromatic heterocycles. The lowest BCUT2D eigenvalue weighted by molar-refractivity contribution is -0.129. The van der Waals surface area contributed by atoms with E-state index in [-0.39, 0.29) is 0 Å². The van der Waals surface area contributed by atoms with Crippen LogP contribution < -0.4 is 5.32 Å². The summed E-state index contributed by atoms with van der Waals surface area (Å²) in [6, 6.07) is 20.3. The van der Waals surface area contributed by atoms with Gasteiger partial charge in [0, 0.05) is 25.0 Å². The van der Waals surface area contributed by atoms with Crippen molar-refractivity contribution in [3.63, 3.8) is 0 Å². The highest BCUT2D eigenvalue weighted by atomic mass is 16.2. The second-order valence-electron chi connectivity index (χ2n) is 9.10. The largest absolute Gasteiger partial charge is 0.335 e. The van der Waals surface area contributed by atoms with E-state index in [4.69, 9.17) is 0 Å². The molecule has 1 N–H and O–H groups in total. The van der Waals surface area contributed by atoms with Gasteiger partial charge in [-0.15, -0.1) is 0 Å². The van der Waals surface area contributed by atoms with Gasteiger partial charge < -0.3 is 10.2 Å². The van der Waals surface area contributed by atoms with E-state index in [9.17, 15) is 4.79 Å². The van der Waals surface area contributed by atoms with E-state index in [2.05, 4.69) is 65.7 Å². The fraction of sp³-hybridized carbons (Fsp3) is 0.480. The first-order chi connectivity index (χ1) is 13.7. The number of amides is 1. The molecule has 146 valence electrons. The Morgan fingerprint density at radius 3 is 2.36 bits per heavy atom. The number of rotatable bonds is 5. The predicted octanol–water partition coefficient (Wildman–Crippen LogP) is 3.82. The van der Waals surface area contributed by atoms with Crippen molar-refractivity contribution in [3.8, 4) is 0 Å². The number of hydrogen-bond acceptors (Lipinski definition) is 2. The molecule has 4 atom stereocenters. The minimum Gasteiger partial charge on any atom is -0.335 e. The fourth-order valence-electron chi connectivity index (χ4n) is 5.93. The van der Waals surface area contributed by atoms with Crippen LogP contribution in [0.25, 0.3) is 0 Å². The molecule has 0 unspecified atom stereocenters. The summed E-state index contributed by atoms with van der Waals surface area (Å²) in [5, 5.41) is 3.86. The van der Waals surface area contributed by atoms with Crippen LogP contribution in [-0.4, -0.2) is 29.4 Å². The lowest BCUT2D eigenvalue weighted by Gasteiger charge is -2.25. The van der Waals surface area contributed by atoms with E-state index in [1.54, 1.807) is 0 Å². The van der Waals surface area contributed by atoms with Crippen LogP contribution in [0.2, 0.25) is 0 Å². The van der Waals surface area contributed by atoms with E-state index in [1.807, 2.05) is 6.07 Å². The third kappa shape index (κ3) is 3.26. The summed E-state index contributed by atoms with van der Waals surface area (Å²) in [7, 11) is 0. The number of nitrogens with zero attached hydrogens (tertiary/aromatic N) is 1. The maximum atomic E-state index is 12.8. The Morgan fingerprint density at radius 2 is 1.64 bits per heavy atom. The number of hydrogen-bond donors (Lipinski definition) is 1. The number of carbonyl (C=O) groups excluding carboxylic acids is 1. The van der Waals surface area contributed by atoms with Gasteiger partial charge >= 0.3 is 0 Å². The molecule has 1 aliphatic heterocycles. The molecule has 3 aliphatic rings. The number of benzene rings is 2. The molecule has 0 spiro atoms. The van der Waals surface area contributed by atoms with Gasteiger partial charge in [0.1, 0.15) is 0 Å². The van der Waals surface area contributed by atoms with Crippen LogP contribution >= 0.6 is 0 Å². The molecule has 3 heteroatoms. The summed E-state index contributed by atoms with van der Waals surface area (Å²) < 4.78 is 0. The third-order valence-electron chi connectivity index (χ3n) is 7.41. The molecule has 1 amide bonds. The molecule has 2 aliphatic carbocycles. The number of fused-ring (bicyclic) bond motifs is 2. The Morgan fingerprint density at radius 1 is 0.964 bits per heavy atom. The van der Waals surface area contributed by atoms with Crippen molar-refractivity contribution in [2.24, 2.45) is 17.8 Å². The smallest absolute Gasteiger partial charge is 0.223 e. The molecule has 28 heavy (non-hydrogen) atoms. The van der Waals surface area contributed by atoms with Crippen LogP contribution in [0.5, 0.6) is 0 Å². The molecule has 1 heterocycles. The quantitative estimate of drug-likeness (QED) is 0.863. The number of nitrogens with one attached hydrogen (secondary N) is 1. The summed E-state index contributed by atoms with van der Waals surface area (Å²) >= 11 is 0. The van der Waals surface area contributed by atoms with Gasteiger partial charge in [-0.05, 0) is 60.3 Å². The van der Waals surface area contributed by atoms with Crippen LogP contribution in [0.1, 0.15) is 36.5 Å². The molecular formula is C25H30N2O. The van der Waals surface area contributed by atoms with E-state index in [0.717, 1.165) is 38.8 Å². The zero-order valence-corrected chi connectivity index (χ0v) is 16.7. The zero-order valence-electron chi connectivity index (χ0n) is 16.7. The predicted molar refractivity (Wildman–Crippen MR) is 112 cm³/mol. The zero-order chi connectivity index (χ0) is 19.1. The van der Waals surface area contributed by atoms with E-state index in [0.29, 0.717) is 35.7 Å². The number of carbonyl (C=O) groups is 1. The second kappa shape index (κ2) is 7.36. The Labute approximate surface area is 168 Å². The lowest BCUT2D eigenvalue weighted by Crippen LogP contribution is -2.37. The van der Waals surface area contributed by atoms with Crippen LogP contribution in [0, 0.1) is 17.8 Å². The second-order valence-corrected chi connectivity index (χ2v) is 9.10. The van der Waals surface area contributed by atoms with E-state index >= 15 is 0 Å². The average molecular weight is 375 g/mol. The molecular weight excluding hydrogens is 344 g/mol. The van der Waals surface area contributed by atoms with Crippen LogP contribution in [0.4, 0.5) is 0 Å². The molecule has 2 aromatic carbocycles. The van der Waals surface area contributed by atoms with E-state index in [1.165, 1.54) is 16.7 Å². The third-order valence-corrected chi connectivity index (χ3v) is 7.41. The molecule has 3 nitrogen and oxygen atoms in total. The van der Waals surface area contributed by atoms with Gasteiger partial charge in [-0.1, -0.05) is 61.5 Å². The van der Waals surface area contributed by atoms with Crippen molar-refractivity contribution in [1.29, 1.82) is 0 Å². The average Bonchev–Trinajstić information content (AvgIpc) is 3.34. The highest BCUT2D eigenvalue weighted by molar-refractivity contribution is 5.79. The van der Waals surface area contributed by atoms with Gasteiger partial charge in [-0.2, -0.15) is 0 Å². The SMILES string of the molecule is C[C@H]1C[C@@H]2[C@@H](CC(=O)N2Cc2ccccc2)[C@@H]1CNC1Cc2ccccc2C1. The minimum atomic E-state index is 0.351. The topological polar surface area (TPSA) is 32.3 Å². The molecule has 5 rings (SSSR count). The summed E-state index contributed by atoms with van der Waals surface area (Å²) in [6.07, 6.45) is 4.18.